The molecule has 1 heteroatoms. The molecular formula is C75H49N. The van der Waals surface area contributed by atoms with Crippen LogP contribution in [0.4, 0.5) is 17.1 Å². The fourth-order valence-corrected chi connectivity index (χ4v) is 15.0. The van der Waals surface area contributed by atoms with E-state index >= 15 is 0 Å². The van der Waals surface area contributed by atoms with Crippen LogP contribution >= 0.6 is 0 Å². The van der Waals surface area contributed by atoms with Gasteiger partial charge in [-0.3, -0.25) is 0 Å². The van der Waals surface area contributed by atoms with Crippen LogP contribution in [0.1, 0.15) is 66.8 Å². The van der Waals surface area contributed by atoms with E-state index in [1.165, 1.54) is 111 Å². The standard InChI is InChI=1S/C75H49N/c1-5-25-50(26-6-1)73(51-27-7-2-8-28-51)64-41-21-16-36-59(64)71-66(73)43-23-45-69(71)76(54-47-48-58-57-35-13-18-38-61(57)74(68(58)49-54,52-29-9-3-10-30-52)53-31-11-4-12-32-53)70-46-24-44-67-72(70)60-37-17-22-42-65(60)75(67)62-39-19-14-33-55(62)56-34-15-20-40-63(56)75/h1-49H. The molecular weight excluding hydrogens is 915 g/mol. The third-order valence-corrected chi connectivity index (χ3v) is 17.6. The van der Waals surface area contributed by atoms with E-state index < -0.39 is 16.2 Å². The Balaban J connectivity index is 1.05. The Bertz CT molecular complexity index is 4060. The molecule has 0 heterocycles. The Morgan fingerprint density at radius 1 is 0.197 bits per heavy atom. The molecule has 0 N–H and O–H groups in total. The third kappa shape index (κ3) is 5.44. The van der Waals surface area contributed by atoms with Crippen LogP contribution in [0, 0.1) is 0 Å². The molecule has 4 aliphatic rings. The number of hydrogen-bond acceptors (Lipinski definition) is 1. The molecule has 1 nitrogen and oxygen atoms in total. The maximum Gasteiger partial charge on any atom is 0.0726 e. The quantitative estimate of drug-likeness (QED) is 0.154. The highest BCUT2D eigenvalue weighted by Crippen LogP contribution is 2.67. The number of rotatable bonds is 7. The molecule has 0 amide bonds. The van der Waals surface area contributed by atoms with Crippen molar-refractivity contribution in [1.82, 2.24) is 0 Å². The summed E-state index contributed by atoms with van der Waals surface area (Å²) in [5.41, 5.74) is 27.2. The van der Waals surface area contributed by atoms with Gasteiger partial charge in [-0.15, -0.1) is 0 Å². The van der Waals surface area contributed by atoms with Gasteiger partial charge >= 0.3 is 0 Å². The lowest BCUT2D eigenvalue weighted by molar-refractivity contribution is 0.768. The fourth-order valence-electron chi connectivity index (χ4n) is 15.0. The van der Waals surface area contributed by atoms with E-state index in [0.717, 1.165) is 17.1 Å². The molecule has 0 unspecified atom stereocenters. The second-order valence-corrected chi connectivity index (χ2v) is 20.9. The van der Waals surface area contributed by atoms with Crippen LogP contribution in [0.25, 0.3) is 44.5 Å². The van der Waals surface area contributed by atoms with Crippen molar-refractivity contribution in [1.29, 1.82) is 0 Å². The maximum absolute atomic E-state index is 2.65. The summed E-state index contributed by atoms with van der Waals surface area (Å²) in [6.45, 7) is 0. The minimum absolute atomic E-state index is 0.517. The SMILES string of the molecule is c1ccc(C2(c3ccccc3)c3ccccc3-c3ccc(N(c4cccc5c4-c4ccccc4C5(c4ccccc4)c4ccccc4)c4cccc5c4-c4ccccc4C54c5ccccc5-c5ccccc54)cc32)cc1. The molecule has 0 radical (unpaired) electrons. The van der Waals surface area contributed by atoms with Crippen molar-refractivity contribution >= 4 is 17.1 Å². The van der Waals surface area contributed by atoms with Gasteiger partial charge in [-0.1, -0.05) is 273 Å². The van der Waals surface area contributed by atoms with E-state index in [9.17, 15) is 0 Å². The van der Waals surface area contributed by atoms with Crippen LogP contribution in [0.15, 0.2) is 297 Å². The van der Waals surface area contributed by atoms with Crippen LogP contribution in [-0.4, -0.2) is 0 Å². The summed E-state index contributed by atoms with van der Waals surface area (Å²) in [6, 6.07) is 112. The highest BCUT2D eigenvalue weighted by molar-refractivity contribution is 6.05. The van der Waals surface area contributed by atoms with E-state index in [1.54, 1.807) is 0 Å². The summed E-state index contributed by atoms with van der Waals surface area (Å²) in [5.74, 6) is 0. The van der Waals surface area contributed by atoms with E-state index in [2.05, 4.69) is 302 Å². The molecule has 12 aromatic rings. The lowest BCUT2D eigenvalue weighted by Gasteiger charge is -2.36. The Kier molecular flexibility index (Phi) is 9.15. The molecule has 0 aromatic heterocycles. The largest absolute Gasteiger partial charge is 0.309 e. The van der Waals surface area contributed by atoms with Crippen LogP contribution in [0.3, 0.4) is 0 Å². The third-order valence-electron chi connectivity index (χ3n) is 17.6. The van der Waals surface area contributed by atoms with Crippen LogP contribution < -0.4 is 4.90 Å². The second kappa shape index (κ2) is 16.2. The average molecular weight is 964 g/mol. The zero-order chi connectivity index (χ0) is 50.0. The normalized spacial score (nSPS) is 14.6. The van der Waals surface area contributed by atoms with Crippen molar-refractivity contribution in [2.75, 3.05) is 4.90 Å². The Labute approximate surface area is 444 Å². The van der Waals surface area contributed by atoms with Gasteiger partial charge in [0, 0.05) is 16.8 Å². The molecule has 16 rings (SSSR count). The monoisotopic (exact) mass is 963 g/mol. The van der Waals surface area contributed by atoms with Gasteiger partial charge in [-0.25, -0.2) is 0 Å². The van der Waals surface area contributed by atoms with Gasteiger partial charge in [0.2, 0.25) is 0 Å². The first kappa shape index (κ1) is 42.9. The lowest BCUT2D eigenvalue weighted by atomic mass is 9.67. The Hall–Kier alpha value is -9.56. The first-order chi connectivity index (χ1) is 37.7. The van der Waals surface area contributed by atoms with Crippen molar-refractivity contribution in [3.63, 3.8) is 0 Å². The predicted octanol–water partition coefficient (Wildman–Crippen LogP) is 18.2. The van der Waals surface area contributed by atoms with E-state index in [0.29, 0.717) is 0 Å². The molecule has 0 bridgehead atoms. The van der Waals surface area contributed by atoms with Gasteiger partial charge < -0.3 is 4.90 Å². The van der Waals surface area contributed by atoms with Crippen molar-refractivity contribution in [3.8, 4) is 44.5 Å². The molecule has 354 valence electrons. The minimum Gasteiger partial charge on any atom is -0.309 e. The summed E-state index contributed by atoms with van der Waals surface area (Å²) in [7, 11) is 0. The number of nitrogens with zero attached hydrogens (tertiary/aromatic N) is 1. The van der Waals surface area contributed by atoms with Crippen LogP contribution in [0.5, 0.6) is 0 Å². The summed E-state index contributed by atoms with van der Waals surface area (Å²) in [4.78, 5) is 2.65. The van der Waals surface area contributed by atoms with Gasteiger partial charge in [0.05, 0.1) is 27.6 Å². The zero-order valence-corrected chi connectivity index (χ0v) is 41.7. The number of hydrogen-bond donors (Lipinski definition) is 0. The lowest BCUT2D eigenvalue weighted by Crippen LogP contribution is -2.29. The molecule has 0 saturated heterocycles. The second-order valence-electron chi connectivity index (χ2n) is 20.9. The fraction of sp³-hybridized carbons (Fsp3) is 0.0400. The van der Waals surface area contributed by atoms with Crippen LogP contribution in [0.2, 0.25) is 0 Å². The molecule has 0 fully saturated rings. The van der Waals surface area contributed by atoms with Crippen molar-refractivity contribution in [2.24, 2.45) is 0 Å². The minimum atomic E-state index is -0.594. The van der Waals surface area contributed by atoms with Gasteiger partial charge in [0.25, 0.3) is 0 Å². The van der Waals surface area contributed by atoms with E-state index in [1.807, 2.05) is 0 Å². The number of anilines is 3. The van der Waals surface area contributed by atoms with Crippen molar-refractivity contribution in [2.45, 2.75) is 16.2 Å². The number of benzene rings is 12. The molecule has 12 aromatic carbocycles. The van der Waals surface area contributed by atoms with Crippen molar-refractivity contribution < 1.29 is 0 Å². The smallest absolute Gasteiger partial charge is 0.0726 e. The topological polar surface area (TPSA) is 3.24 Å². The first-order valence-electron chi connectivity index (χ1n) is 26.7. The molecule has 1 spiro atoms. The molecule has 4 aliphatic carbocycles. The van der Waals surface area contributed by atoms with Crippen LogP contribution in [-0.2, 0) is 16.2 Å². The Morgan fingerprint density at radius 2 is 0.487 bits per heavy atom. The highest BCUT2D eigenvalue weighted by atomic mass is 15.2. The molecule has 0 saturated carbocycles. The summed E-state index contributed by atoms with van der Waals surface area (Å²) >= 11 is 0. The van der Waals surface area contributed by atoms with Gasteiger partial charge in [0.15, 0.2) is 0 Å². The van der Waals surface area contributed by atoms with Crippen molar-refractivity contribution in [3.05, 3.63) is 364 Å². The number of fused-ring (bicyclic) bond motifs is 16. The van der Waals surface area contributed by atoms with Gasteiger partial charge in [0.1, 0.15) is 0 Å². The summed E-state index contributed by atoms with van der Waals surface area (Å²) < 4.78 is 0. The summed E-state index contributed by atoms with van der Waals surface area (Å²) in [6.07, 6.45) is 0. The first-order valence-corrected chi connectivity index (χ1v) is 26.7. The average Bonchev–Trinajstić information content (AvgIpc) is 4.19. The molecule has 76 heavy (non-hydrogen) atoms. The van der Waals surface area contributed by atoms with Gasteiger partial charge in [-0.05, 0) is 124 Å². The zero-order valence-electron chi connectivity index (χ0n) is 41.7. The van der Waals surface area contributed by atoms with E-state index in [4.69, 9.17) is 0 Å². The predicted molar refractivity (Wildman–Crippen MR) is 312 cm³/mol. The maximum atomic E-state index is 2.65. The molecule has 0 aliphatic heterocycles. The summed E-state index contributed by atoms with van der Waals surface area (Å²) in [5, 5.41) is 0. The van der Waals surface area contributed by atoms with E-state index in [-0.39, 0.29) is 0 Å². The highest BCUT2D eigenvalue weighted by Gasteiger charge is 2.54. The molecule has 0 atom stereocenters. The Morgan fingerprint density at radius 3 is 0.908 bits per heavy atom. The van der Waals surface area contributed by atoms with Gasteiger partial charge in [-0.2, -0.15) is 0 Å².